The molecule has 15 nitrogen and oxygen atoms in total. The van der Waals surface area contributed by atoms with Gasteiger partial charge in [0.15, 0.2) is 0 Å². The van der Waals surface area contributed by atoms with Gasteiger partial charge in [-0.15, -0.1) is 0 Å². The highest BCUT2D eigenvalue weighted by molar-refractivity contribution is 5.97. The maximum absolute atomic E-state index is 13.8. The number of rotatable bonds is 23. The third-order valence-corrected chi connectivity index (χ3v) is 10.1. The first kappa shape index (κ1) is 51.5. The first-order valence-electron chi connectivity index (χ1n) is 20.8. The van der Waals surface area contributed by atoms with Crippen molar-refractivity contribution >= 4 is 41.4 Å². The minimum absolute atomic E-state index is 0.153. The van der Waals surface area contributed by atoms with Crippen molar-refractivity contribution in [2.24, 2.45) is 47.2 Å². The van der Waals surface area contributed by atoms with Crippen LogP contribution in [0.4, 0.5) is 0 Å². The van der Waals surface area contributed by atoms with Gasteiger partial charge in [-0.2, -0.15) is 0 Å². The van der Waals surface area contributed by atoms with Gasteiger partial charge in [-0.25, -0.2) is 0 Å². The summed E-state index contributed by atoms with van der Waals surface area (Å²) in [6.07, 6.45) is 0.628. The van der Waals surface area contributed by atoms with Crippen LogP contribution < -0.4 is 43.0 Å². The largest absolute Gasteiger partial charge is 0.354 e. The number of amides is 7. The van der Waals surface area contributed by atoms with Crippen molar-refractivity contribution in [1.29, 1.82) is 0 Å². The fraction of sp³-hybridized carbons (Fsp3) is 0.698. The zero-order valence-electron chi connectivity index (χ0n) is 37.3. The van der Waals surface area contributed by atoms with Gasteiger partial charge in [-0.1, -0.05) is 127 Å². The van der Waals surface area contributed by atoms with Crippen LogP contribution in [-0.4, -0.2) is 90.2 Å². The summed E-state index contributed by atoms with van der Waals surface area (Å²) in [7, 11) is 0. The zero-order valence-corrected chi connectivity index (χ0v) is 37.3. The summed E-state index contributed by atoms with van der Waals surface area (Å²) >= 11 is 0. The summed E-state index contributed by atoms with van der Waals surface area (Å²) in [4.78, 5) is 94.4. The molecule has 328 valence electrons. The monoisotopic (exact) mass is 815 g/mol. The Morgan fingerprint density at radius 2 is 0.655 bits per heavy atom. The molecule has 0 aliphatic heterocycles. The van der Waals surface area contributed by atoms with E-state index in [1.165, 1.54) is 0 Å². The summed E-state index contributed by atoms with van der Waals surface area (Å²) in [6, 6.07) is 2.81. The third-order valence-electron chi connectivity index (χ3n) is 10.1. The van der Waals surface area contributed by atoms with E-state index in [0.29, 0.717) is 13.0 Å². The average molecular weight is 815 g/mol. The Bertz CT molecular complexity index is 1510. The van der Waals surface area contributed by atoms with Crippen LogP contribution in [0.1, 0.15) is 102 Å². The summed E-state index contributed by atoms with van der Waals surface area (Å²) in [5.74, 6) is -6.10. The summed E-state index contributed by atoms with van der Waals surface area (Å²) in [6.45, 7) is 25.2. The Balaban J connectivity index is 3.11. The van der Waals surface area contributed by atoms with Gasteiger partial charge in [-0.05, 0) is 53.4 Å². The zero-order chi connectivity index (χ0) is 44.6. The summed E-state index contributed by atoms with van der Waals surface area (Å²) in [5.41, 5.74) is 7.07. The lowest BCUT2D eigenvalue weighted by Crippen LogP contribution is -2.63. The molecule has 0 fully saturated rings. The van der Waals surface area contributed by atoms with Crippen molar-refractivity contribution in [1.82, 2.24) is 37.2 Å². The molecule has 0 saturated carbocycles. The first-order valence-corrected chi connectivity index (χ1v) is 20.8. The van der Waals surface area contributed by atoms with E-state index in [4.69, 9.17) is 5.73 Å². The van der Waals surface area contributed by atoms with Gasteiger partial charge in [0.05, 0.1) is 6.04 Å². The second-order valence-corrected chi connectivity index (χ2v) is 17.7. The normalized spacial score (nSPS) is 15.3. The second kappa shape index (κ2) is 24.4. The summed E-state index contributed by atoms with van der Waals surface area (Å²) < 4.78 is 0. The number of nitrogens with two attached hydrogens (primary N) is 1. The van der Waals surface area contributed by atoms with Crippen molar-refractivity contribution < 1.29 is 33.6 Å². The molecule has 9 N–H and O–H groups in total. The first-order chi connectivity index (χ1) is 26.9. The number of carbonyl (C=O) groups is 7. The molecule has 15 heteroatoms. The molecule has 7 atom stereocenters. The lowest BCUT2D eigenvalue weighted by atomic mass is 9.96. The van der Waals surface area contributed by atoms with E-state index in [0.717, 1.165) is 5.56 Å². The van der Waals surface area contributed by atoms with Crippen molar-refractivity contribution in [3.05, 3.63) is 35.9 Å². The van der Waals surface area contributed by atoms with Crippen LogP contribution in [-0.2, 0) is 40.0 Å². The number of hydrogen-bond acceptors (Lipinski definition) is 8. The SMILES string of the molecule is CC(C)[C@H](N)C(=O)N[C@H](C(=O)N[C@H](C(=O)N[C@H](C(=O)N[C@H](C(=O)N[C@H](C(=O)N[C@H](C(=O)NCCc1ccccc1)C(C)C)C(C)C)C(C)C)C(C)C)C(C)C)C(C)C. The van der Waals surface area contributed by atoms with Gasteiger partial charge in [0.2, 0.25) is 41.4 Å². The molecular formula is C43H74N8O7. The molecule has 0 aromatic heterocycles. The van der Waals surface area contributed by atoms with E-state index in [2.05, 4.69) is 37.2 Å². The van der Waals surface area contributed by atoms with Crippen LogP contribution in [0.3, 0.4) is 0 Å². The Kier molecular flexibility index (Phi) is 21.7. The molecule has 0 heterocycles. The molecule has 0 aliphatic carbocycles. The van der Waals surface area contributed by atoms with Crippen LogP contribution in [0.15, 0.2) is 30.3 Å². The number of carbonyl (C=O) groups excluding carboxylic acids is 7. The number of benzene rings is 1. The van der Waals surface area contributed by atoms with Crippen LogP contribution in [0.5, 0.6) is 0 Å². The van der Waals surface area contributed by atoms with E-state index < -0.39 is 95.5 Å². The van der Waals surface area contributed by atoms with Gasteiger partial charge >= 0.3 is 0 Å². The van der Waals surface area contributed by atoms with E-state index in [-0.39, 0.29) is 29.6 Å². The van der Waals surface area contributed by atoms with E-state index >= 15 is 0 Å². The number of hydrogen-bond donors (Lipinski definition) is 8. The highest BCUT2D eigenvalue weighted by atomic mass is 16.2. The predicted molar refractivity (Wildman–Crippen MR) is 227 cm³/mol. The van der Waals surface area contributed by atoms with Crippen molar-refractivity contribution in [2.75, 3.05) is 6.54 Å². The molecular weight excluding hydrogens is 741 g/mol. The van der Waals surface area contributed by atoms with Crippen LogP contribution in [0, 0.1) is 41.4 Å². The van der Waals surface area contributed by atoms with E-state index in [9.17, 15) is 33.6 Å². The molecule has 0 bridgehead atoms. The van der Waals surface area contributed by atoms with Crippen molar-refractivity contribution in [3.8, 4) is 0 Å². The maximum atomic E-state index is 13.8. The number of nitrogens with one attached hydrogen (secondary N) is 7. The van der Waals surface area contributed by atoms with Crippen molar-refractivity contribution in [3.63, 3.8) is 0 Å². The van der Waals surface area contributed by atoms with Crippen molar-refractivity contribution in [2.45, 2.75) is 146 Å². The fourth-order valence-corrected chi connectivity index (χ4v) is 6.06. The molecule has 0 aliphatic rings. The van der Waals surface area contributed by atoms with E-state index in [1.807, 2.05) is 44.2 Å². The average Bonchev–Trinajstić information content (AvgIpc) is 3.13. The topological polar surface area (TPSA) is 230 Å². The van der Waals surface area contributed by atoms with E-state index in [1.54, 1.807) is 83.1 Å². The standard InChI is InChI=1S/C43H74N8O7/c1-22(2)30(44)37(52)46-32(24(5)6)39(54)48-34(26(9)10)41(56)50-36(28(13)14)43(58)51-35(27(11)12)42(57)49-33(25(7)8)40(55)47-31(23(3)4)38(53)45-21-20-29-18-16-15-17-19-29/h15-19,22-28,30-36H,20-21,44H2,1-14H3,(H,45,53)(H,46,52)(H,47,55)(H,48,54)(H,49,57)(H,50,56)(H,51,58)/t30-,31-,32-,33-,34-,35-,36-/m0/s1. The molecule has 0 spiro atoms. The smallest absolute Gasteiger partial charge is 0.243 e. The van der Waals surface area contributed by atoms with Gasteiger partial charge in [0, 0.05) is 6.54 Å². The lowest BCUT2D eigenvalue weighted by molar-refractivity contribution is -0.137. The molecule has 0 unspecified atom stereocenters. The molecule has 1 aromatic rings. The quantitative estimate of drug-likeness (QED) is 0.0815. The van der Waals surface area contributed by atoms with Gasteiger partial charge in [0.1, 0.15) is 36.3 Å². The predicted octanol–water partition coefficient (Wildman–Crippen LogP) is 2.17. The molecule has 0 radical (unpaired) electrons. The molecule has 1 rings (SSSR count). The Morgan fingerprint density at radius 3 is 0.914 bits per heavy atom. The Hall–Kier alpha value is -4.53. The van der Waals surface area contributed by atoms with Crippen LogP contribution in [0.2, 0.25) is 0 Å². The minimum atomic E-state index is -1.10. The molecule has 1 aromatic carbocycles. The minimum Gasteiger partial charge on any atom is -0.354 e. The Labute approximate surface area is 346 Å². The third kappa shape index (κ3) is 16.4. The molecule has 58 heavy (non-hydrogen) atoms. The molecule has 0 saturated heterocycles. The lowest BCUT2D eigenvalue weighted by Gasteiger charge is -2.32. The summed E-state index contributed by atoms with van der Waals surface area (Å²) in [5, 5.41) is 19.5. The van der Waals surface area contributed by atoms with Crippen LogP contribution >= 0.6 is 0 Å². The van der Waals surface area contributed by atoms with Crippen LogP contribution in [0.25, 0.3) is 0 Å². The second-order valence-electron chi connectivity index (χ2n) is 17.7. The highest BCUT2D eigenvalue weighted by Gasteiger charge is 2.37. The Morgan fingerprint density at radius 1 is 0.397 bits per heavy atom. The molecule has 7 amide bonds. The maximum Gasteiger partial charge on any atom is 0.243 e. The van der Waals surface area contributed by atoms with Gasteiger partial charge in [-0.3, -0.25) is 33.6 Å². The van der Waals surface area contributed by atoms with Gasteiger partial charge in [0.25, 0.3) is 0 Å². The fourth-order valence-electron chi connectivity index (χ4n) is 6.06. The highest BCUT2D eigenvalue weighted by Crippen LogP contribution is 2.13. The van der Waals surface area contributed by atoms with Gasteiger partial charge < -0.3 is 43.0 Å².